The van der Waals surface area contributed by atoms with Crippen LogP contribution < -0.4 is 9.30 Å². The second-order valence-electron chi connectivity index (χ2n) is 9.04. The maximum Gasteiger partial charge on any atom is 0.228 e. The summed E-state index contributed by atoms with van der Waals surface area (Å²) >= 11 is 0. The van der Waals surface area contributed by atoms with Gasteiger partial charge in [-0.1, -0.05) is 43.7 Å². The SMILES string of the molecule is Cc1ccc2c(C)c3c(c(C)c2c1)Oc1cc(CC(C)C)cc2cc[n+](C)c-3c12. The third-order valence-electron chi connectivity index (χ3n) is 6.28. The van der Waals surface area contributed by atoms with Crippen LogP contribution in [0.15, 0.2) is 42.6 Å². The van der Waals surface area contributed by atoms with E-state index in [9.17, 15) is 0 Å². The van der Waals surface area contributed by atoms with Crippen molar-refractivity contribution < 1.29 is 9.30 Å². The third kappa shape index (κ3) is 2.66. The second-order valence-corrected chi connectivity index (χ2v) is 9.04. The van der Waals surface area contributed by atoms with Crippen LogP contribution in [-0.2, 0) is 13.5 Å². The number of aryl methyl sites for hydroxylation is 4. The Morgan fingerprint density at radius 2 is 1.72 bits per heavy atom. The van der Waals surface area contributed by atoms with E-state index >= 15 is 0 Å². The molecule has 1 aliphatic heterocycles. The standard InChI is InChI=1S/C27H28NO/c1-15(2)11-19-13-20-9-10-28(6)26-24-17(4)21-8-7-16(3)12-22(21)18(5)27(24)29-23(14-19)25(20)26/h7-10,12-15H,11H2,1-6H3/q+1. The van der Waals surface area contributed by atoms with E-state index < -0.39 is 0 Å². The van der Waals surface area contributed by atoms with Gasteiger partial charge in [0.15, 0.2) is 6.20 Å². The molecular weight excluding hydrogens is 354 g/mol. The largest absolute Gasteiger partial charge is 0.455 e. The molecule has 5 rings (SSSR count). The van der Waals surface area contributed by atoms with E-state index in [1.807, 2.05) is 0 Å². The maximum atomic E-state index is 6.67. The first-order valence-electron chi connectivity index (χ1n) is 10.5. The molecule has 0 atom stereocenters. The number of rotatable bonds is 2. The predicted molar refractivity (Wildman–Crippen MR) is 121 cm³/mol. The Morgan fingerprint density at radius 3 is 2.48 bits per heavy atom. The molecule has 2 heteroatoms. The van der Waals surface area contributed by atoms with Crippen LogP contribution >= 0.6 is 0 Å². The van der Waals surface area contributed by atoms with Crippen molar-refractivity contribution in [2.45, 2.75) is 41.0 Å². The fourth-order valence-corrected chi connectivity index (χ4v) is 4.93. The number of fused-ring (bicyclic) bond motifs is 3. The Balaban J connectivity index is 1.91. The molecule has 146 valence electrons. The third-order valence-corrected chi connectivity index (χ3v) is 6.28. The molecule has 4 aromatic rings. The van der Waals surface area contributed by atoms with Crippen LogP contribution in [0, 0.1) is 26.7 Å². The topological polar surface area (TPSA) is 13.1 Å². The summed E-state index contributed by atoms with van der Waals surface area (Å²) in [6.07, 6.45) is 3.24. The van der Waals surface area contributed by atoms with Gasteiger partial charge in [-0.3, -0.25) is 0 Å². The van der Waals surface area contributed by atoms with Crippen LogP contribution in [-0.4, -0.2) is 0 Å². The lowest BCUT2D eigenvalue weighted by molar-refractivity contribution is -0.659. The normalized spacial score (nSPS) is 12.5. The van der Waals surface area contributed by atoms with Gasteiger partial charge in [0.2, 0.25) is 5.69 Å². The van der Waals surface area contributed by atoms with E-state index in [1.165, 1.54) is 55.1 Å². The molecule has 0 saturated heterocycles. The van der Waals surface area contributed by atoms with E-state index in [0.717, 1.165) is 17.9 Å². The van der Waals surface area contributed by atoms with Gasteiger partial charge in [-0.05, 0) is 66.5 Å². The zero-order valence-corrected chi connectivity index (χ0v) is 18.2. The van der Waals surface area contributed by atoms with Crippen molar-refractivity contribution in [3.63, 3.8) is 0 Å². The summed E-state index contributed by atoms with van der Waals surface area (Å²) in [5.74, 6) is 2.62. The van der Waals surface area contributed by atoms with Gasteiger partial charge in [0.1, 0.15) is 18.5 Å². The molecule has 0 bridgehead atoms. The first kappa shape index (κ1) is 18.2. The monoisotopic (exact) mass is 382 g/mol. The molecular formula is C27H28NO+. The van der Waals surface area contributed by atoms with Crippen LogP contribution in [0.2, 0.25) is 0 Å². The molecule has 1 aromatic heterocycles. The molecule has 0 unspecified atom stereocenters. The molecule has 0 amide bonds. The van der Waals surface area contributed by atoms with Crippen LogP contribution in [0.1, 0.15) is 36.1 Å². The zero-order valence-electron chi connectivity index (χ0n) is 18.2. The minimum absolute atomic E-state index is 0.616. The first-order chi connectivity index (χ1) is 13.8. The van der Waals surface area contributed by atoms with Gasteiger partial charge < -0.3 is 4.74 Å². The number of nitrogens with zero attached hydrogens (tertiary/aromatic N) is 1. The smallest absolute Gasteiger partial charge is 0.228 e. The number of hydrogen-bond acceptors (Lipinski definition) is 1. The fraction of sp³-hybridized carbons (Fsp3) is 0.296. The van der Waals surface area contributed by atoms with Gasteiger partial charge in [0, 0.05) is 11.6 Å². The summed E-state index contributed by atoms with van der Waals surface area (Å²) in [7, 11) is 2.14. The molecule has 0 aliphatic carbocycles. The first-order valence-corrected chi connectivity index (χ1v) is 10.5. The molecule has 0 N–H and O–H groups in total. The minimum atomic E-state index is 0.616. The summed E-state index contributed by atoms with van der Waals surface area (Å²) in [4.78, 5) is 0. The van der Waals surface area contributed by atoms with Crippen molar-refractivity contribution in [1.82, 2.24) is 0 Å². The van der Waals surface area contributed by atoms with E-state index in [2.05, 4.69) is 88.8 Å². The van der Waals surface area contributed by atoms with Crippen molar-refractivity contribution in [2.24, 2.45) is 13.0 Å². The summed E-state index contributed by atoms with van der Waals surface area (Å²) in [5, 5.41) is 5.09. The number of ether oxygens (including phenoxy) is 1. The van der Waals surface area contributed by atoms with E-state index in [4.69, 9.17) is 4.74 Å². The molecule has 0 radical (unpaired) electrons. The van der Waals surface area contributed by atoms with Gasteiger partial charge in [-0.15, -0.1) is 0 Å². The van der Waals surface area contributed by atoms with Gasteiger partial charge in [0.25, 0.3) is 0 Å². The van der Waals surface area contributed by atoms with E-state index in [1.54, 1.807) is 0 Å². The Morgan fingerprint density at radius 1 is 0.931 bits per heavy atom. The number of pyridine rings is 1. The molecule has 2 nitrogen and oxygen atoms in total. The van der Waals surface area contributed by atoms with Gasteiger partial charge in [-0.25, -0.2) is 4.57 Å². The summed E-state index contributed by atoms with van der Waals surface area (Å²) in [5.41, 5.74) is 7.63. The molecule has 0 saturated carbocycles. The van der Waals surface area contributed by atoms with E-state index in [-0.39, 0.29) is 0 Å². The highest BCUT2D eigenvalue weighted by atomic mass is 16.5. The van der Waals surface area contributed by atoms with Crippen molar-refractivity contribution in [1.29, 1.82) is 0 Å². The van der Waals surface area contributed by atoms with Crippen LogP contribution in [0.3, 0.4) is 0 Å². The number of hydrogen-bond donors (Lipinski definition) is 0. The molecule has 29 heavy (non-hydrogen) atoms. The van der Waals surface area contributed by atoms with Gasteiger partial charge >= 0.3 is 0 Å². The number of benzene rings is 3. The highest BCUT2D eigenvalue weighted by Crippen LogP contribution is 2.50. The summed E-state index contributed by atoms with van der Waals surface area (Å²) < 4.78 is 8.92. The maximum absolute atomic E-state index is 6.67. The quantitative estimate of drug-likeness (QED) is 0.309. The Kier molecular flexibility index (Phi) is 3.96. The van der Waals surface area contributed by atoms with Gasteiger partial charge in [-0.2, -0.15) is 0 Å². The fourth-order valence-electron chi connectivity index (χ4n) is 4.93. The second kappa shape index (κ2) is 6.32. The van der Waals surface area contributed by atoms with Crippen LogP contribution in [0.25, 0.3) is 32.8 Å². The average molecular weight is 383 g/mol. The Hall–Kier alpha value is -2.87. The summed E-state index contributed by atoms with van der Waals surface area (Å²) in [6.45, 7) is 11.1. The number of aromatic nitrogens is 1. The van der Waals surface area contributed by atoms with Crippen molar-refractivity contribution in [3.8, 4) is 22.8 Å². The average Bonchev–Trinajstić information content (AvgIpc) is 2.67. The molecule has 3 aromatic carbocycles. The lowest BCUT2D eigenvalue weighted by atomic mass is 9.88. The lowest BCUT2D eigenvalue weighted by Crippen LogP contribution is -2.32. The lowest BCUT2D eigenvalue weighted by Gasteiger charge is -2.25. The molecule has 0 spiro atoms. The molecule has 0 fully saturated rings. The zero-order chi connectivity index (χ0) is 20.4. The van der Waals surface area contributed by atoms with Crippen LogP contribution in [0.4, 0.5) is 0 Å². The van der Waals surface area contributed by atoms with Gasteiger partial charge in [0.05, 0.1) is 10.9 Å². The van der Waals surface area contributed by atoms with Crippen molar-refractivity contribution in [2.75, 3.05) is 0 Å². The highest BCUT2D eigenvalue weighted by molar-refractivity contribution is 6.06. The predicted octanol–water partition coefficient (Wildman–Crippen LogP) is 6.71. The highest BCUT2D eigenvalue weighted by Gasteiger charge is 2.32. The molecule has 1 aliphatic rings. The molecule has 2 heterocycles. The minimum Gasteiger partial charge on any atom is -0.455 e. The Bertz CT molecular complexity index is 1310. The Labute approximate surface area is 172 Å². The van der Waals surface area contributed by atoms with E-state index in [0.29, 0.717) is 5.92 Å². The summed E-state index contributed by atoms with van der Waals surface area (Å²) in [6, 6.07) is 13.6. The van der Waals surface area contributed by atoms with Crippen molar-refractivity contribution >= 4 is 21.5 Å². The van der Waals surface area contributed by atoms with Crippen LogP contribution in [0.5, 0.6) is 11.5 Å². The van der Waals surface area contributed by atoms with Crippen molar-refractivity contribution in [3.05, 3.63) is 64.8 Å².